The van der Waals surface area contributed by atoms with Crippen molar-refractivity contribution < 1.29 is 18.7 Å². The van der Waals surface area contributed by atoms with Crippen LogP contribution in [0.3, 0.4) is 0 Å². The molecule has 2 saturated heterocycles. The second kappa shape index (κ2) is 9.89. The van der Waals surface area contributed by atoms with Gasteiger partial charge in [-0.25, -0.2) is 9.18 Å². The molecular weight excluding hydrogens is 493 g/mol. The Hall–Kier alpha value is -4.26. The average molecular weight is 522 g/mol. The number of furan rings is 1. The van der Waals surface area contributed by atoms with Crippen molar-refractivity contribution in [3.8, 4) is 11.6 Å². The van der Waals surface area contributed by atoms with Gasteiger partial charge in [-0.2, -0.15) is 19.5 Å². The summed E-state index contributed by atoms with van der Waals surface area (Å²) in [4.78, 5) is 31.5. The minimum absolute atomic E-state index is 0.0333. The summed E-state index contributed by atoms with van der Waals surface area (Å²) in [5.74, 6) is 0.851. The van der Waals surface area contributed by atoms with Crippen LogP contribution in [0.4, 0.5) is 22.0 Å². The number of fused-ring (bicyclic) bond motifs is 1. The van der Waals surface area contributed by atoms with Gasteiger partial charge in [-0.3, -0.25) is 4.90 Å². The van der Waals surface area contributed by atoms with Gasteiger partial charge >= 0.3 is 5.97 Å². The van der Waals surface area contributed by atoms with E-state index in [9.17, 15) is 14.3 Å². The molecule has 1 atom stereocenters. The molecule has 0 amide bonds. The van der Waals surface area contributed by atoms with E-state index < -0.39 is 11.8 Å². The normalized spacial score (nSPS) is 18.8. The van der Waals surface area contributed by atoms with Gasteiger partial charge in [-0.1, -0.05) is 0 Å². The number of anilines is 3. The highest BCUT2D eigenvalue weighted by atomic mass is 19.1. The topological polar surface area (TPSA) is 142 Å². The zero-order valence-electron chi connectivity index (χ0n) is 20.7. The number of nitrogen functional groups attached to an aromatic ring is 1. The highest BCUT2D eigenvalue weighted by Gasteiger charge is 2.27. The molecule has 198 valence electrons. The first kappa shape index (κ1) is 24.1. The van der Waals surface area contributed by atoms with Crippen LogP contribution in [-0.4, -0.2) is 86.4 Å². The van der Waals surface area contributed by atoms with Gasteiger partial charge in [0.15, 0.2) is 5.76 Å². The van der Waals surface area contributed by atoms with Crippen LogP contribution >= 0.6 is 0 Å². The molecule has 3 aromatic heterocycles. The molecule has 3 N–H and O–H groups in total. The summed E-state index contributed by atoms with van der Waals surface area (Å²) >= 11 is 0. The maximum absolute atomic E-state index is 13.9. The predicted octanol–water partition coefficient (Wildman–Crippen LogP) is 2.24. The van der Waals surface area contributed by atoms with E-state index in [0.717, 1.165) is 51.6 Å². The number of carboxylic acid groups (broad SMARTS) is 1. The number of aromatic carboxylic acids is 1. The molecule has 0 aliphatic carbocycles. The number of carboxylic acids is 1. The Balaban J connectivity index is 1.09. The molecule has 12 nitrogen and oxygen atoms in total. The number of piperazine rings is 1. The highest BCUT2D eigenvalue weighted by Crippen LogP contribution is 2.25. The first-order valence-electron chi connectivity index (χ1n) is 12.6. The van der Waals surface area contributed by atoms with Gasteiger partial charge in [-0.05, 0) is 49.1 Å². The van der Waals surface area contributed by atoms with E-state index in [4.69, 9.17) is 10.2 Å². The van der Waals surface area contributed by atoms with Gasteiger partial charge in [0.1, 0.15) is 5.82 Å². The third-order valence-corrected chi connectivity index (χ3v) is 7.15. The van der Waals surface area contributed by atoms with E-state index in [1.807, 2.05) is 4.90 Å². The minimum Gasteiger partial charge on any atom is -0.478 e. The summed E-state index contributed by atoms with van der Waals surface area (Å²) in [6, 6.07) is 7.53. The summed E-state index contributed by atoms with van der Waals surface area (Å²) in [5, 5.41) is 13.6. The SMILES string of the molecule is Nc1nc(N2CCCC(CN3CCN(c4cc(F)cc(C(=O)O)c4)CC3)C2)nc2nc(-c3ccco3)nn12. The molecular formula is C25H28FN9O3. The molecule has 0 bridgehead atoms. The van der Waals surface area contributed by atoms with Crippen molar-refractivity contribution in [3.63, 3.8) is 0 Å². The fourth-order valence-electron chi connectivity index (χ4n) is 5.28. The van der Waals surface area contributed by atoms with Crippen molar-refractivity contribution in [2.45, 2.75) is 12.8 Å². The number of carbonyl (C=O) groups is 1. The molecule has 0 spiro atoms. The third-order valence-electron chi connectivity index (χ3n) is 7.15. The van der Waals surface area contributed by atoms with Crippen LogP contribution in [0.1, 0.15) is 23.2 Å². The Morgan fingerprint density at radius 3 is 2.71 bits per heavy atom. The van der Waals surface area contributed by atoms with Gasteiger partial charge in [0.05, 0.1) is 11.8 Å². The zero-order chi connectivity index (χ0) is 26.2. The van der Waals surface area contributed by atoms with E-state index in [0.29, 0.717) is 48.0 Å². The predicted molar refractivity (Wildman–Crippen MR) is 138 cm³/mol. The van der Waals surface area contributed by atoms with Crippen molar-refractivity contribution in [1.82, 2.24) is 29.5 Å². The van der Waals surface area contributed by atoms with Crippen LogP contribution in [-0.2, 0) is 0 Å². The number of benzene rings is 1. The largest absolute Gasteiger partial charge is 0.478 e. The first-order chi connectivity index (χ1) is 18.4. The second-order valence-electron chi connectivity index (χ2n) is 9.75. The average Bonchev–Trinajstić information content (AvgIpc) is 3.59. The lowest BCUT2D eigenvalue weighted by Gasteiger charge is -2.40. The van der Waals surface area contributed by atoms with Crippen molar-refractivity contribution >= 4 is 29.3 Å². The quantitative estimate of drug-likeness (QED) is 0.386. The molecule has 2 fully saturated rings. The highest BCUT2D eigenvalue weighted by molar-refractivity contribution is 5.88. The fourth-order valence-corrected chi connectivity index (χ4v) is 5.28. The summed E-state index contributed by atoms with van der Waals surface area (Å²) in [6.07, 6.45) is 3.68. The molecule has 5 heterocycles. The standard InChI is InChI=1S/C25H28FN9O3/c26-18-11-17(22(36)37)12-19(13-18)33-8-6-32(7-9-33)14-16-3-1-5-34(15-16)24-29-23(27)35-25(30-24)28-21(31-35)20-4-2-10-38-20/h2,4,10-13,16H,1,3,5-9,14-15H2,(H,36,37)(H2,27,28,29,30,31). The molecule has 4 aromatic rings. The minimum atomic E-state index is -1.13. The second-order valence-corrected chi connectivity index (χ2v) is 9.75. The molecule has 2 aliphatic heterocycles. The Morgan fingerprint density at radius 2 is 1.95 bits per heavy atom. The molecule has 38 heavy (non-hydrogen) atoms. The number of rotatable bonds is 6. The number of piperidine rings is 1. The summed E-state index contributed by atoms with van der Waals surface area (Å²) < 4.78 is 20.8. The number of hydrogen-bond acceptors (Lipinski definition) is 10. The Bertz CT molecular complexity index is 1450. The van der Waals surface area contributed by atoms with E-state index in [-0.39, 0.29) is 11.5 Å². The Labute approximate surface area is 217 Å². The lowest BCUT2D eigenvalue weighted by atomic mass is 9.97. The summed E-state index contributed by atoms with van der Waals surface area (Å²) in [6.45, 7) is 5.63. The van der Waals surface area contributed by atoms with Gasteiger partial charge in [0.2, 0.25) is 17.7 Å². The van der Waals surface area contributed by atoms with Crippen molar-refractivity contribution in [2.24, 2.45) is 5.92 Å². The van der Waals surface area contributed by atoms with Crippen molar-refractivity contribution in [2.75, 3.05) is 61.3 Å². The lowest BCUT2D eigenvalue weighted by Crippen LogP contribution is -2.50. The van der Waals surface area contributed by atoms with E-state index in [1.54, 1.807) is 18.4 Å². The number of nitrogens with two attached hydrogens (primary N) is 1. The van der Waals surface area contributed by atoms with E-state index in [2.05, 4.69) is 29.9 Å². The van der Waals surface area contributed by atoms with Crippen LogP contribution in [0.15, 0.2) is 41.0 Å². The maximum Gasteiger partial charge on any atom is 0.335 e. The molecule has 6 rings (SSSR count). The van der Waals surface area contributed by atoms with Crippen LogP contribution in [0, 0.1) is 11.7 Å². The number of halogens is 1. The molecule has 1 unspecified atom stereocenters. The van der Waals surface area contributed by atoms with Crippen LogP contribution in [0.5, 0.6) is 0 Å². The number of aromatic nitrogens is 5. The molecule has 13 heteroatoms. The van der Waals surface area contributed by atoms with Crippen LogP contribution < -0.4 is 15.5 Å². The molecule has 2 aliphatic rings. The van der Waals surface area contributed by atoms with Gasteiger partial charge in [0, 0.05) is 51.5 Å². The van der Waals surface area contributed by atoms with Crippen LogP contribution in [0.2, 0.25) is 0 Å². The number of nitrogens with zero attached hydrogens (tertiary/aromatic N) is 8. The Morgan fingerprint density at radius 1 is 1.11 bits per heavy atom. The van der Waals surface area contributed by atoms with Crippen LogP contribution in [0.25, 0.3) is 17.4 Å². The first-order valence-corrected chi connectivity index (χ1v) is 12.6. The fraction of sp³-hybridized carbons (Fsp3) is 0.400. The number of hydrogen-bond donors (Lipinski definition) is 2. The lowest BCUT2D eigenvalue weighted by molar-refractivity contribution is 0.0696. The van der Waals surface area contributed by atoms with Gasteiger partial charge in [-0.15, -0.1) is 5.10 Å². The third kappa shape index (κ3) is 4.84. The molecule has 1 aromatic carbocycles. The van der Waals surface area contributed by atoms with Crippen molar-refractivity contribution in [3.05, 3.63) is 48.0 Å². The molecule has 0 radical (unpaired) electrons. The van der Waals surface area contributed by atoms with Gasteiger partial charge < -0.3 is 25.1 Å². The Kier molecular flexibility index (Phi) is 6.27. The summed E-state index contributed by atoms with van der Waals surface area (Å²) in [5.41, 5.74) is 6.77. The monoisotopic (exact) mass is 521 g/mol. The van der Waals surface area contributed by atoms with Gasteiger partial charge in [0.25, 0.3) is 5.78 Å². The smallest absolute Gasteiger partial charge is 0.335 e. The zero-order valence-corrected chi connectivity index (χ0v) is 20.7. The van der Waals surface area contributed by atoms with Crippen molar-refractivity contribution in [1.29, 1.82) is 0 Å². The molecule has 0 saturated carbocycles. The van der Waals surface area contributed by atoms with E-state index >= 15 is 0 Å². The maximum atomic E-state index is 13.9. The summed E-state index contributed by atoms with van der Waals surface area (Å²) in [7, 11) is 0. The van der Waals surface area contributed by atoms with E-state index in [1.165, 1.54) is 16.6 Å².